The Balaban J connectivity index is 0.00000131. The molecular weight excluding hydrogens is 387 g/mol. The largest absolute Gasteiger partial charge is 0.423 e. The van der Waals surface area contributed by atoms with Crippen LogP contribution < -0.4 is 15.5 Å². The van der Waals surface area contributed by atoms with E-state index in [1.54, 1.807) is 0 Å². The number of carbonyl (C=O) groups is 1. The molecule has 3 heterocycles. The molecule has 8 heteroatoms. The van der Waals surface area contributed by atoms with Crippen LogP contribution in [0, 0.1) is 5.92 Å². The molecule has 0 atom stereocenters. The van der Waals surface area contributed by atoms with E-state index in [-0.39, 0.29) is 36.6 Å². The third-order valence-electron chi connectivity index (χ3n) is 5.07. The van der Waals surface area contributed by atoms with Crippen LogP contribution in [0.3, 0.4) is 0 Å². The van der Waals surface area contributed by atoms with Gasteiger partial charge in [0.2, 0.25) is 5.91 Å². The van der Waals surface area contributed by atoms with Crippen molar-refractivity contribution in [2.24, 2.45) is 5.92 Å². The maximum absolute atomic E-state index is 12.4. The highest BCUT2D eigenvalue weighted by molar-refractivity contribution is 5.85. The van der Waals surface area contributed by atoms with Crippen LogP contribution >= 0.6 is 24.8 Å². The predicted octanol–water partition coefficient (Wildman–Crippen LogP) is 2.92. The average Bonchev–Trinajstić information content (AvgIpc) is 3.11. The van der Waals surface area contributed by atoms with Crippen molar-refractivity contribution < 1.29 is 9.21 Å². The Morgan fingerprint density at radius 2 is 2.04 bits per heavy atom. The van der Waals surface area contributed by atoms with Crippen molar-refractivity contribution in [2.75, 3.05) is 37.6 Å². The van der Waals surface area contributed by atoms with E-state index in [1.807, 2.05) is 24.3 Å². The van der Waals surface area contributed by atoms with Gasteiger partial charge in [0.15, 0.2) is 5.58 Å². The van der Waals surface area contributed by atoms with Crippen LogP contribution in [0.15, 0.2) is 40.3 Å². The monoisotopic (exact) mass is 412 g/mol. The lowest BCUT2D eigenvalue weighted by Gasteiger charge is -2.30. The molecule has 0 saturated carbocycles. The minimum atomic E-state index is 0. The minimum Gasteiger partial charge on any atom is -0.423 e. The highest BCUT2D eigenvalue weighted by Crippen LogP contribution is 2.26. The summed E-state index contributed by atoms with van der Waals surface area (Å²) in [6.45, 7) is 4.21. The first-order valence-electron chi connectivity index (χ1n) is 9.06. The third kappa shape index (κ3) is 5.15. The summed E-state index contributed by atoms with van der Waals surface area (Å²) in [6.07, 6.45) is 4.88. The number of oxazole rings is 1. The van der Waals surface area contributed by atoms with Gasteiger partial charge in [-0.3, -0.25) is 4.79 Å². The summed E-state index contributed by atoms with van der Waals surface area (Å²) in [5.41, 5.74) is 3.02. The average molecular weight is 413 g/mol. The van der Waals surface area contributed by atoms with Crippen LogP contribution in [0.5, 0.6) is 0 Å². The molecule has 6 nitrogen and oxygen atoms in total. The summed E-state index contributed by atoms with van der Waals surface area (Å²) in [7, 11) is 0. The van der Waals surface area contributed by atoms with E-state index < -0.39 is 0 Å². The Labute approximate surface area is 171 Å². The van der Waals surface area contributed by atoms with Crippen molar-refractivity contribution >= 4 is 47.8 Å². The van der Waals surface area contributed by atoms with Crippen LogP contribution in [-0.4, -0.2) is 43.6 Å². The molecule has 2 aromatic rings. The molecule has 0 bridgehead atoms. The Morgan fingerprint density at radius 1 is 1.26 bits per heavy atom. The molecule has 2 aliphatic rings. The second kappa shape index (κ2) is 9.97. The number of hydrogen-bond donors (Lipinski definition) is 2. The number of aromatic nitrogens is 1. The van der Waals surface area contributed by atoms with Crippen LogP contribution in [0.4, 0.5) is 6.01 Å². The summed E-state index contributed by atoms with van der Waals surface area (Å²) in [4.78, 5) is 19.1. The fourth-order valence-electron chi connectivity index (χ4n) is 3.50. The van der Waals surface area contributed by atoms with Crippen molar-refractivity contribution in [2.45, 2.75) is 19.3 Å². The molecule has 2 N–H and O–H groups in total. The SMILES string of the molecule is Cl.Cl.O=C(NCC1=CCNCC1)C1CCN(c2nc3ccccc3o2)CC1. The fraction of sp³-hybridized carbons (Fsp3) is 0.474. The first-order valence-corrected chi connectivity index (χ1v) is 9.06. The highest BCUT2D eigenvalue weighted by atomic mass is 35.5. The normalized spacial score (nSPS) is 17.6. The summed E-state index contributed by atoms with van der Waals surface area (Å²) in [6, 6.07) is 8.47. The van der Waals surface area contributed by atoms with Gasteiger partial charge in [0, 0.05) is 32.1 Å². The Morgan fingerprint density at radius 3 is 2.74 bits per heavy atom. The summed E-state index contributed by atoms with van der Waals surface area (Å²) >= 11 is 0. The number of fused-ring (bicyclic) bond motifs is 1. The van der Waals surface area contributed by atoms with Gasteiger partial charge in [0.25, 0.3) is 6.01 Å². The molecule has 1 fully saturated rings. The second-order valence-electron chi connectivity index (χ2n) is 6.76. The number of nitrogens with one attached hydrogen (secondary N) is 2. The van der Waals surface area contributed by atoms with Gasteiger partial charge in [-0.15, -0.1) is 24.8 Å². The number of carbonyl (C=O) groups excluding carboxylic acids is 1. The van der Waals surface area contributed by atoms with Crippen molar-refractivity contribution in [1.82, 2.24) is 15.6 Å². The molecular formula is C19H26Cl2N4O2. The lowest BCUT2D eigenvalue weighted by atomic mass is 9.96. The first-order chi connectivity index (χ1) is 12.3. The molecule has 1 saturated heterocycles. The summed E-state index contributed by atoms with van der Waals surface area (Å²) in [5.74, 6) is 0.264. The van der Waals surface area contributed by atoms with Gasteiger partial charge in [-0.2, -0.15) is 4.98 Å². The molecule has 4 rings (SSSR count). The number of anilines is 1. The van der Waals surface area contributed by atoms with Gasteiger partial charge in [-0.1, -0.05) is 23.8 Å². The van der Waals surface area contributed by atoms with Crippen LogP contribution in [0.1, 0.15) is 19.3 Å². The Hall–Kier alpha value is -1.76. The van der Waals surface area contributed by atoms with Gasteiger partial charge in [-0.05, 0) is 37.9 Å². The Bertz CT molecular complexity index is 752. The maximum atomic E-state index is 12.4. The van der Waals surface area contributed by atoms with Gasteiger partial charge in [0.1, 0.15) is 5.52 Å². The second-order valence-corrected chi connectivity index (χ2v) is 6.76. The molecule has 2 aliphatic heterocycles. The van der Waals surface area contributed by atoms with E-state index in [4.69, 9.17) is 4.42 Å². The smallest absolute Gasteiger partial charge is 0.298 e. The zero-order chi connectivity index (χ0) is 17.1. The van der Waals surface area contributed by atoms with Crippen molar-refractivity contribution in [3.8, 4) is 0 Å². The molecule has 0 radical (unpaired) electrons. The van der Waals surface area contributed by atoms with E-state index in [9.17, 15) is 4.79 Å². The molecule has 0 unspecified atom stereocenters. The molecule has 1 aromatic heterocycles. The van der Waals surface area contributed by atoms with E-state index in [0.29, 0.717) is 12.6 Å². The first kappa shape index (κ1) is 21.5. The van der Waals surface area contributed by atoms with Gasteiger partial charge >= 0.3 is 0 Å². The topological polar surface area (TPSA) is 70.4 Å². The minimum absolute atomic E-state index is 0. The molecule has 1 aromatic carbocycles. The predicted molar refractivity (Wildman–Crippen MR) is 112 cm³/mol. The highest BCUT2D eigenvalue weighted by Gasteiger charge is 2.27. The lowest BCUT2D eigenvalue weighted by Crippen LogP contribution is -2.41. The number of piperidine rings is 1. The molecule has 1 amide bonds. The van der Waals surface area contributed by atoms with Crippen molar-refractivity contribution in [3.63, 3.8) is 0 Å². The number of benzene rings is 1. The number of rotatable bonds is 4. The number of nitrogens with zero attached hydrogens (tertiary/aromatic N) is 2. The quantitative estimate of drug-likeness (QED) is 0.755. The molecule has 0 aliphatic carbocycles. The van der Waals surface area contributed by atoms with Gasteiger partial charge in [-0.25, -0.2) is 0 Å². The summed E-state index contributed by atoms with van der Waals surface area (Å²) in [5, 5.41) is 6.39. The Kier molecular flexibility index (Phi) is 7.95. The standard InChI is InChI=1S/C19H24N4O2.2ClH/c24-18(21-13-14-5-9-20-10-6-14)15-7-11-23(12-8-15)19-22-16-3-1-2-4-17(16)25-19;;/h1-5,15,20H,6-13H2,(H,21,24);2*1H. The third-order valence-corrected chi connectivity index (χ3v) is 5.07. The van der Waals surface area contributed by atoms with E-state index in [2.05, 4.69) is 26.6 Å². The fourth-order valence-corrected chi connectivity index (χ4v) is 3.50. The van der Waals surface area contributed by atoms with E-state index in [0.717, 1.165) is 56.5 Å². The number of para-hydroxylation sites is 2. The molecule has 0 spiro atoms. The maximum Gasteiger partial charge on any atom is 0.298 e. The summed E-state index contributed by atoms with van der Waals surface area (Å²) < 4.78 is 5.83. The zero-order valence-corrected chi connectivity index (χ0v) is 16.8. The van der Waals surface area contributed by atoms with Crippen molar-refractivity contribution in [1.29, 1.82) is 0 Å². The van der Waals surface area contributed by atoms with Crippen molar-refractivity contribution in [3.05, 3.63) is 35.9 Å². The van der Waals surface area contributed by atoms with Gasteiger partial charge in [0.05, 0.1) is 0 Å². The lowest BCUT2D eigenvalue weighted by molar-refractivity contribution is -0.125. The number of hydrogen-bond acceptors (Lipinski definition) is 5. The van der Waals surface area contributed by atoms with E-state index in [1.165, 1.54) is 5.57 Å². The van der Waals surface area contributed by atoms with Crippen LogP contribution in [0.2, 0.25) is 0 Å². The number of halogens is 2. The molecule has 148 valence electrons. The van der Waals surface area contributed by atoms with Crippen LogP contribution in [0.25, 0.3) is 11.1 Å². The molecule has 27 heavy (non-hydrogen) atoms. The zero-order valence-electron chi connectivity index (χ0n) is 15.1. The number of amides is 1. The van der Waals surface area contributed by atoms with Crippen LogP contribution in [-0.2, 0) is 4.79 Å². The van der Waals surface area contributed by atoms with Gasteiger partial charge < -0.3 is 20.0 Å². The van der Waals surface area contributed by atoms with E-state index >= 15 is 0 Å².